The summed E-state index contributed by atoms with van der Waals surface area (Å²) >= 11 is 0. The quantitative estimate of drug-likeness (QED) is 0.843. The highest BCUT2D eigenvalue weighted by Gasteiger charge is 2.14. The maximum Gasteiger partial charge on any atom is 0.330 e. The fraction of sp³-hybridized carbons (Fsp3) is 0.500. The molecule has 0 aromatic carbocycles. The highest BCUT2D eigenvalue weighted by atomic mass is 16.2. The van der Waals surface area contributed by atoms with E-state index in [0.29, 0.717) is 12.2 Å². The Balaban J connectivity index is 2.10. The molecular weight excluding hydrogens is 270 g/mol. The summed E-state index contributed by atoms with van der Waals surface area (Å²) in [4.78, 5) is 23.5. The zero-order valence-corrected chi connectivity index (χ0v) is 12.8. The van der Waals surface area contributed by atoms with Crippen molar-refractivity contribution in [3.8, 4) is 0 Å². The molecule has 2 aromatic rings. The number of hydrogen-bond donors (Lipinski definition) is 1. The second-order valence-electron chi connectivity index (χ2n) is 5.27. The van der Waals surface area contributed by atoms with Gasteiger partial charge >= 0.3 is 5.69 Å². The number of rotatable bonds is 5. The third-order valence-corrected chi connectivity index (χ3v) is 3.90. The van der Waals surface area contributed by atoms with E-state index in [-0.39, 0.29) is 23.3 Å². The van der Waals surface area contributed by atoms with Gasteiger partial charge in [-0.05, 0) is 19.9 Å². The summed E-state index contributed by atoms with van der Waals surface area (Å²) in [7, 11) is 3.14. The number of nitrogens with zero attached hydrogens (tertiary/aromatic N) is 4. The first-order valence-electron chi connectivity index (χ1n) is 6.90. The molecule has 0 aliphatic carbocycles. The average molecular weight is 291 g/mol. The van der Waals surface area contributed by atoms with Gasteiger partial charge in [0.15, 0.2) is 0 Å². The monoisotopic (exact) mass is 291 g/mol. The van der Waals surface area contributed by atoms with Gasteiger partial charge < -0.3 is 5.32 Å². The Kier molecular flexibility index (Phi) is 4.42. The predicted octanol–water partition coefficient (Wildman–Crippen LogP) is 0.0198. The minimum Gasteiger partial charge on any atom is -0.307 e. The molecule has 7 nitrogen and oxygen atoms in total. The second kappa shape index (κ2) is 6.09. The van der Waals surface area contributed by atoms with Crippen LogP contribution in [0.25, 0.3) is 0 Å². The third kappa shape index (κ3) is 3.13. The lowest BCUT2D eigenvalue weighted by molar-refractivity contribution is 0.361. The van der Waals surface area contributed by atoms with E-state index >= 15 is 0 Å². The van der Waals surface area contributed by atoms with Crippen LogP contribution in [0.1, 0.15) is 25.6 Å². The molecule has 0 bridgehead atoms. The van der Waals surface area contributed by atoms with Crippen LogP contribution in [0.2, 0.25) is 0 Å². The summed E-state index contributed by atoms with van der Waals surface area (Å²) in [5, 5.41) is 7.55. The van der Waals surface area contributed by atoms with E-state index in [0.717, 1.165) is 4.57 Å². The Labute approximate surface area is 122 Å². The Morgan fingerprint density at radius 3 is 2.57 bits per heavy atom. The van der Waals surface area contributed by atoms with Gasteiger partial charge in [0.2, 0.25) is 0 Å². The van der Waals surface area contributed by atoms with Crippen LogP contribution in [0.5, 0.6) is 0 Å². The van der Waals surface area contributed by atoms with E-state index in [1.807, 2.05) is 23.9 Å². The minimum absolute atomic E-state index is 0.143. The number of hydrogen-bond acceptors (Lipinski definition) is 4. The normalized spacial score (nSPS) is 14.1. The van der Waals surface area contributed by atoms with E-state index in [4.69, 9.17) is 0 Å². The molecule has 0 radical (unpaired) electrons. The van der Waals surface area contributed by atoms with Gasteiger partial charge in [0, 0.05) is 50.8 Å². The Hall–Kier alpha value is -2.15. The molecule has 2 heterocycles. The van der Waals surface area contributed by atoms with Gasteiger partial charge in [-0.2, -0.15) is 5.10 Å². The van der Waals surface area contributed by atoms with Gasteiger partial charge in [0.05, 0.1) is 6.04 Å². The maximum atomic E-state index is 11.9. The lowest BCUT2D eigenvalue weighted by Crippen LogP contribution is -2.40. The molecule has 0 aliphatic rings. The van der Waals surface area contributed by atoms with E-state index < -0.39 is 0 Å². The molecular formula is C14H21N5O2. The lowest BCUT2D eigenvalue weighted by Gasteiger charge is -2.22. The summed E-state index contributed by atoms with van der Waals surface area (Å²) in [6.45, 7) is 4.56. The van der Waals surface area contributed by atoms with Crippen molar-refractivity contribution in [1.29, 1.82) is 0 Å². The zero-order valence-electron chi connectivity index (χ0n) is 12.8. The molecule has 1 N–H and O–H groups in total. The van der Waals surface area contributed by atoms with Gasteiger partial charge in [-0.1, -0.05) is 0 Å². The van der Waals surface area contributed by atoms with Crippen LogP contribution in [0.3, 0.4) is 0 Å². The Morgan fingerprint density at radius 2 is 1.95 bits per heavy atom. The molecule has 0 amide bonds. The Bertz CT molecular complexity index is 714. The molecule has 0 saturated carbocycles. The summed E-state index contributed by atoms with van der Waals surface area (Å²) < 4.78 is 4.46. The molecule has 114 valence electrons. The molecule has 21 heavy (non-hydrogen) atoms. The lowest BCUT2D eigenvalue weighted by atomic mass is 10.1. The fourth-order valence-electron chi connectivity index (χ4n) is 2.13. The zero-order chi connectivity index (χ0) is 15.6. The van der Waals surface area contributed by atoms with Crippen LogP contribution in [-0.2, 0) is 20.6 Å². The molecule has 0 spiro atoms. The first kappa shape index (κ1) is 15.2. The molecule has 0 unspecified atom stereocenters. The molecule has 2 aromatic heterocycles. The van der Waals surface area contributed by atoms with Crippen molar-refractivity contribution in [2.75, 3.05) is 0 Å². The topological polar surface area (TPSA) is 73.8 Å². The van der Waals surface area contributed by atoms with Gasteiger partial charge in [-0.25, -0.2) is 4.79 Å². The van der Waals surface area contributed by atoms with Crippen LogP contribution >= 0.6 is 0 Å². The van der Waals surface area contributed by atoms with Crippen molar-refractivity contribution in [2.45, 2.75) is 32.5 Å². The first-order valence-corrected chi connectivity index (χ1v) is 6.90. The van der Waals surface area contributed by atoms with Crippen molar-refractivity contribution in [1.82, 2.24) is 24.2 Å². The molecule has 0 aliphatic heterocycles. The molecule has 2 atom stereocenters. The summed E-state index contributed by atoms with van der Waals surface area (Å²) in [5.74, 6) is 0. The average Bonchev–Trinajstić information content (AvgIpc) is 3.00. The van der Waals surface area contributed by atoms with Crippen molar-refractivity contribution < 1.29 is 0 Å². The van der Waals surface area contributed by atoms with Crippen LogP contribution in [0, 0.1) is 0 Å². The number of aromatic nitrogens is 4. The molecule has 7 heteroatoms. The van der Waals surface area contributed by atoms with Crippen LogP contribution in [-0.4, -0.2) is 25.0 Å². The van der Waals surface area contributed by atoms with Gasteiger partial charge in [-0.3, -0.25) is 18.6 Å². The van der Waals surface area contributed by atoms with E-state index in [1.54, 1.807) is 13.2 Å². The maximum absolute atomic E-state index is 11.9. The minimum atomic E-state index is -0.313. The molecule has 2 rings (SSSR count). The first-order chi connectivity index (χ1) is 9.91. The van der Waals surface area contributed by atoms with Gasteiger partial charge in [-0.15, -0.1) is 0 Å². The van der Waals surface area contributed by atoms with Crippen molar-refractivity contribution in [2.24, 2.45) is 14.1 Å². The second-order valence-corrected chi connectivity index (χ2v) is 5.27. The smallest absolute Gasteiger partial charge is 0.307 e. The van der Waals surface area contributed by atoms with Gasteiger partial charge in [0.1, 0.15) is 0 Å². The van der Waals surface area contributed by atoms with E-state index in [9.17, 15) is 9.59 Å². The molecule has 0 saturated heterocycles. The summed E-state index contributed by atoms with van der Waals surface area (Å²) in [5.41, 5.74) is 0.0670. The van der Waals surface area contributed by atoms with E-state index in [1.165, 1.54) is 17.7 Å². The Morgan fingerprint density at radius 1 is 1.24 bits per heavy atom. The number of nitrogens with one attached hydrogen (secondary N) is 1. The third-order valence-electron chi connectivity index (χ3n) is 3.90. The van der Waals surface area contributed by atoms with Crippen molar-refractivity contribution in [3.63, 3.8) is 0 Å². The van der Waals surface area contributed by atoms with E-state index in [2.05, 4.69) is 17.3 Å². The van der Waals surface area contributed by atoms with Crippen LogP contribution in [0.15, 0.2) is 34.1 Å². The summed E-state index contributed by atoms with van der Waals surface area (Å²) in [6.07, 6.45) is 3.66. The predicted molar refractivity (Wildman–Crippen MR) is 80.2 cm³/mol. The van der Waals surface area contributed by atoms with Crippen LogP contribution < -0.4 is 16.6 Å². The van der Waals surface area contributed by atoms with Crippen LogP contribution in [0.4, 0.5) is 0 Å². The van der Waals surface area contributed by atoms with Crippen molar-refractivity contribution >= 4 is 0 Å². The van der Waals surface area contributed by atoms with Crippen molar-refractivity contribution in [3.05, 3.63) is 51.1 Å². The highest BCUT2D eigenvalue weighted by molar-refractivity contribution is 5.02. The largest absolute Gasteiger partial charge is 0.330 e. The SMILES string of the molecule is C[C@H](NCc1cc(=O)n(C)c(=O)n1C)[C@@H](C)n1cccn1. The highest BCUT2D eigenvalue weighted by Crippen LogP contribution is 2.09. The van der Waals surface area contributed by atoms with Gasteiger partial charge in [0.25, 0.3) is 5.56 Å². The standard InChI is InChI=1S/C14H21N5O2/c1-10(11(2)19-7-5-6-16-19)15-9-12-8-13(20)18(4)14(21)17(12)3/h5-8,10-11,15H,9H2,1-4H3/t10-,11+/m0/s1. The molecule has 0 fully saturated rings. The summed E-state index contributed by atoms with van der Waals surface area (Å²) in [6, 6.07) is 3.68. The fourth-order valence-corrected chi connectivity index (χ4v) is 2.13.